The van der Waals surface area contributed by atoms with E-state index >= 15 is 0 Å². The molecule has 0 aromatic heterocycles. The van der Waals surface area contributed by atoms with E-state index in [1.54, 1.807) is 0 Å². The molecule has 1 N–H and O–H groups in total. The lowest BCUT2D eigenvalue weighted by molar-refractivity contribution is -0.384. The Morgan fingerprint density at radius 1 is 0.971 bits per heavy atom. The average Bonchev–Trinajstić information content (AvgIpc) is 3.07. The highest BCUT2D eigenvalue weighted by atomic mass is 16.6. The third-order valence-corrected chi connectivity index (χ3v) is 5.67. The van der Waals surface area contributed by atoms with Gasteiger partial charge >= 0.3 is 0 Å². The Kier molecular flexibility index (Phi) is 8.37. The van der Waals surface area contributed by atoms with Crippen molar-refractivity contribution in [2.45, 2.75) is 27.2 Å². The van der Waals surface area contributed by atoms with Gasteiger partial charge < -0.3 is 15.0 Å². The molecular weight excluding hydrogens is 436 g/mol. The number of carbonyl (C=O) groups excluding carboxylic acids is 2. The van der Waals surface area contributed by atoms with E-state index in [0.717, 1.165) is 18.8 Å². The van der Waals surface area contributed by atoms with Crippen LogP contribution in [0.25, 0.3) is 5.57 Å². The zero-order chi connectivity index (χ0) is 24.7. The van der Waals surface area contributed by atoms with Crippen molar-refractivity contribution in [1.82, 2.24) is 4.90 Å². The summed E-state index contributed by atoms with van der Waals surface area (Å²) in [5.41, 5.74) is 2.44. The number of nitro benzene ring substituents is 1. The molecule has 1 aliphatic heterocycles. The van der Waals surface area contributed by atoms with Crippen LogP contribution in [0.15, 0.2) is 54.2 Å². The molecule has 3 rings (SSSR count). The maximum atomic E-state index is 13.2. The van der Waals surface area contributed by atoms with Gasteiger partial charge in [-0.1, -0.05) is 0 Å². The number of hydrogen-bond acceptors (Lipinski definition) is 7. The first kappa shape index (κ1) is 24.9. The molecule has 1 aliphatic rings. The van der Waals surface area contributed by atoms with E-state index in [-0.39, 0.29) is 23.5 Å². The van der Waals surface area contributed by atoms with E-state index < -0.39 is 16.7 Å². The number of nitrogens with zero attached hydrogens (tertiary/aromatic N) is 3. The van der Waals surface area contributed by atoms with Gasteiger partial charge in [0.15, 0.2) is 0 Å². The van der Waals surface area contributed by atoms with E-state index in [4.69, 9.17) is 4.74 Å². The van der Waals surface area contributed by atoms with Gasteiger partial charge in [-0.2, -0.15) is 0 Å². The summed E-state index contributed by atoms with van der Waals surface area (Å²) in [6.07, 6.45) is 0.519. The molecule has 0 fully saturated rings. The van der Waals surface area contributed by atoms with Gasteiger partial charge in [-0.3, -0.25) is 24.6 Å². The number of amides is 2. The van der Waals surface area contributed by atoms with E-state index in [2.05, 4.69) is 24.1 Å². The Morgan fingerprint density at radius 2 is 1.62 bits per heavy atom. The van der Waals surface area contributed by atoms with Crippen molar-refractivity contribution < 1.29 is 19.2 Å². The predicted molar refractivity (Wildman–Crippen MR) is 131 cm³/mol. The van der Waals surface area contributed by atoms with Gasteiger partial charge in [0.25, 0.3) is 17.5 Å². The normalized spacial score (nSPS) is 13.6. The molecular formula is C25H30N4O5. The number of anilines is 2. The van der Waals surface area contributed by atoms with Gasteiger partial charge in [0, 0.05) is 56.4 Å². The summed E-state index contributed by atoms with van der Waals surface area (Å²) >= 11 is 0. The Balaban J connectivity index is 1.92. The zero-order valence-electron chi connectivity index (χ0n) is 19.7. The number of carbonyl (C=O) groups is 2. The molecule has 1 heterocycles. The van der Waals surface area contributed by atoms with Crippen LogP contribution in [0.3, 0.4) is 0 Å². The molecule has 9 heteroatoms. The summed E-state index contributed by atoms with van der Waals surface area (Å²) in [4.78, 5) is 40.4. The minimum absolute atomic E-state index is 0.0869. The number of benzene rings is 2. The third kappa shape index (κ3) is 5.43. The molecule has 0 spiro atoms. The van der Waals surface area contributed by atoms with Gasteiger partial charge in [0.1, 0.15) is 5.70 Å². The fraction of sp³-hybridized carbons (Fsp3) is 0.360. The minimum atomic E-state index is -0.504. The van der Waals surface area contributed by atoms with E-state index in [1.807, 2.05) is 31.2 Å². The number of imide groups is 1. The second-order valence-corrected chi connectivity index (χ2v) is 7.71. The number of non-ortho nitro benzene ring substituents is 1. The SMILES string of the molecule is CCOCCCN1C(=O)C(Nc2ccc(N(CC)CC)cc2)=C(c2ccc([N+](=O)[O-])cc2)C1=O. The van der Waals surface area contributed by atoms with E-state index in [9.17, 15) is 19.7 Å². The fourth-order valence-corrected chi connectivity index (χ4v) is 3.87. The Morgan fingerprint density at radius 3 is 2.18 bits per heavy atom. The lowest BCUT2D eigenvalue weighted by Gasteiger charge is -2.21. The first-order valence-corrected chi connectivity index (χ1v) is 11.5. The van der Waals surface area contributed by atoms with Crippen LogP contribution in [0.1, 0.15) is 32.8 Å². The van der Waals surface area contributed by atoms with Gasteiger partial charge in [-0.25, -0.2) is 0 Å². The van der Waals surface area contributed by atoms with Crippen LogP contribution in [0.5, 0.6) is 0 Å². The molecule has 0 radical (unpaired) electrons. The molecule has 2 aromatic rings. The van der Waals surface area contributed by atoms with Gasteiger partial charge in [0.2, 0.25) is 0 Å². The Bertz CT molecular complexity index is 1060. The van der Waals surface area contributed by atoms with E-state index in [0.29, 0.717) is 30.9 Å². The van der Waals surface area contributed by atoms with Crippen LogP contribution >= 0.6 is 0 Å². The van der Waals surface area contributed by atoms with Gasteiger partial charge in [-0.05, 0) is 69.2 Å². The van der Waals surface area contributed by atoms with Crippen molar-refractivity contribution in [3.05, 3.63) is 69.9 Å². The number of ether oxygens (including phenoxy) is 1. The lowest BCUT2D eigenvalue weighted by atomic mass is 10.0. The molecule has 0 saturated heterocycles. The van der Waals surface area contributed by atoms with Crippen molar-refractivity contribution in [3.8, 4) is 0 Å². The number of hydrogen-bond donors (Lipinski definition) is 1. The molecule has 2 aromatic carbocycles. The quantitative estimate of drug-likeness (QED) is 0.218. The van der Waals surface area contributed by atoms with Crippen molar-refractivity contribution in [2.75, 3.05) is 43.1 Å². The molecule has 0 aliphatic carbocycles. The summed E-state index contributed by atoms with van der Waals surface area (Å²) < 4.78 is 5.34. The molecule has 9 nitrogen and oxygen atoms in total. The lowest BCUT2D eigenvalue weighted by Crippen LogP contribution is -2.34. The topological polar surface area (TPSA) is 105 Å². The monoisotopic (exact) mass is 466 g/mol. The molecule has 180 valence electrons. The molecule has 0 bridgehead atoms. The Labute approximate surface area is 199 Å². The summed E-state index contributed by atoms with van der Waals surface area (Å²) in [7, 11) is 0. The highest BCUT2D eigenvalue weighted by Gasteiger charge is 2.39. The van der Waals surface area contributed by atoms with Crippen molar-refractivity contribution in [1.29, 1.82) is 0 Å². The van der Waals surface area contributed by atoms with Crippen LogP contribution < -0.4 is 10.2 Å². The molecule has 0 atom stereocenters. The fourth-order valence-electron chi connectivity index (χ4n) is 3.87. The van der Waals surface area contributed by atoms with Crippen LogP contribution in [0.4, 0.5) is 17.1 Å². The van der Waals surface area contributed by atoms with Crippen molar-refractivity contribution >= 4 is 34.4 Å². The average molecular weight is 467 g/mol. The summed E-state index contributed by atoms with van der Waals surface area (Å²) in [5, 5.41) is 14.2. The minimum Gasteiger partial charge on any atom is -0.382 e. The van der Waals surface area contributed by atoms with Gasteiger partial charge in [-0.15, -0.1) is 0 Å². The summed E-state index contributed by atoms with van der Waals surface area (Å²) in [5.74, 6) is -0.861. The molecule has 0 unspecified atom stereocenters. The molecule has 34 heavy (non-hydrogen) atoms. The smallest absolute Gasteiger partial charge is 0.278 e. The highest BCUT2D eigenvalue weighted by molar-refractivity contribution is 6.36. The Hall–Kier alpha value is -3.72. The van der Waals surface area contributed by atoms with Crippen LogP contribution in [-0.4, -0.2) is 54.5 Å². The van der Waals surface area contributed by atoms with Crippen molar-refractivity contribution in [3.63, 3.8) is 0 Å². The highest BCUT2D eigenvalue weighted by Crippen LogP contribution is 2.32. The first-order chi connectivity index (χ1) is 16.4. The number of nitro groups is 1. The standard InChI is InChI=1S/C25H30N4O5/c1-4-27(5-2)20-14-10-19(11-15-20)26-23-22(18-8-12-21(13-9-18)29(32)33)24(30)28(25(23)31)16-7-17-34-6-3/h8-15,26H,4-7,16-17H2,1-3H3. The van der Waals surface area contributed by atoms with Gasteiger partial charge in [0.05, 0.1) is 10.5 Å². The summed E-state index contributed by atoms with van der Waals surface area (Å²) in [6, 6.07) is 13.3. The number of rotatable bonds is 12. The van der Waals surface area contributed by atoms with Crippen LogP contribution in [0, 0.1) is 10.1 Å². The molecule has 2 amide bonds. The first-order valence-electron chi connectivity index (χ1n) is 11.5. The molecule has 0 saturated carbocycles. The van der Waals surface area contributed by atoms with Crippen molar-refractivity contribution in [2.24, 2.45) is 0 Å². The third-order valence-electron chi connectivity index (χ3n) is 5.67. The maximum absolute atomic E-state index is 13.2. The van der Waals surface area contributed by atoms with Crippen LogP contribution in [0.2, 0.25) is 0 Å². The summed E-state index contributed by atoms with van der Waals surface area (Å²) in [6.45, 7) is 9.03. The number of nitrogens with one attached hydrogen (secondary N) is 1. The largest absolute Gasteiger partial charge is 0.382 e. The van der Waals surface area contributed by atoms with Crippen LogP contribution in [-0.2, 0) is 14.3 Å². The zero-order valence-corrected chi connectivity index (χ0v) is 19.7. The maximum Gasteiger partial charge on any atom is 0.278 e. The van der Waals surface area contributed by atoms with E-state index in [1.165, 1.54) is 29.2 Å². The second kappa shape index (κ2) is 11.4. The second-order valence-electron chi connectivity index (χ2n) is 7.71. The predicted octanol–water partition coefficient (Wildman–Crippen LogP) is 4.06.